The van der Waals surface area contributed by atoms with Crippen molar-refractivity contribution in [2.45, 2.75) is 59.4 Å². The average molecular weight is 369 g/mol. The Morgan fingerprint density at radius 2 is 1.78 bits per heavy atom. The number of hydrogen-bond acceptors (Lipinski definition) is 3. The molecule has 1 heterocycles. The zero-order valence-corrected chi connectivity index (χ0v) is 17.2. The van der Waals surface area contributed by atoms with Crippen LogP contribution in [0, 0.1) is 17.3 Å². The van der Waals surface area contributed by atoms with Crippen LogP contribution in [0.25, 0.3) is 5.69 Å². The molecule has 1 atom stereocenters. The molecule has 2 aromatic rings. The third-order valence-corrected chi connectivity index (χ3v) is 6.29. The van der Waals surface area contributed by atoms with Crippen molar-refractivity contribution in [2.24, 2.45) is 17.3 Å². The maximum atomic E-state index is 13.0. The monoisotopic (exact) mass is 368 g/mol. The second-order valence-corrected chi connectivity index (χ2v) is 8.97. The number of benzene rings is 1. The molecule has 5 heteroatoms. The van der Waals surface area contributed by atoms with Crippen LogP contribution in [-0.4, -0.2) is 32.6 Å². The number of hydrogen-bond donors (Lipinski definition) is 0. The van der Waals surface area contributed by atoms with E-state index in [2.05, 4.69) is 49.9 Å². The molecule has 0 N–H and O–H groups in total. The largest absolute Gasteiger partial charge is 0.339 e. The highest BCUT2D eigenvalue weighted by Crippen LogP contribution is 2.40. The first-order valence-electron chi connectivity index (χ1n) is 9.99. The van der Waals surface area contributed by atoms with Crippen LogP contribution in [0.15, 0.2) is 36.9 Å². The minimum atomic E-state index is 0.0580. The van der Waals surface area contributed by atoms with Crippen molar-refractivity contribution in [3.63, 3.8) is 0 Å². The highest BCUT2D eigenvalue weighted by Gasteiger charge is 2.34. The van der Waals surface area contributed by atoms with E-state index in [4.69, 9.17) is 0 Å². The summed E-state index contributed by atoms with van der Waals surface area (Å²) in [6.07, 6.45) is 7.56. The van der Waals surface area contributed by atoms with Crippen LogP contribution >= 0.6 is 0 Å². The van der Waals surface area contributed by atoms with Gasteiger partial charge in [-0.1, -0.05) is 32.9 Å². The highest BCUT2D eigenvalue weighted by molar-refractivity contribution is 5.79. The van der Waals surface area contributed by atoms with Gasteiger partial charge in [-0.15, -0.1) is 0 Å². The number of aromatic nitrogens is 3. The maximum absolute atomic E-state index is 13.0. The van der Waals surface area contributed by atoms with Gasteiger partial charge in [0.05, 0.1) is 11.7 Å². The summed E-state index contributed by atoms with van der Waals surface area (Å²) in [6.45, 7) is 9.05. The van der Waals surface area contributed by atoms with Gasteiger partial charge < -0.3 is 4.90 Å². The van der Waals surface area contributed by atoms with Crippen LogP contribution in [0.2, 0.25) is 0 Å². The van der Waals surface area contributed by atoms with E-state index in [9.17, 15) is 4.79 Å². The van der Waals surface area contributed by atoms with Crippen molar-refractivity contribution in [1.29, 1.82) is 0 Å². The second kappa shape index (κ2) is 7.83. The predicted octanol–water partition coefficient (Wildman–Crippen LogP) is 4.64. The Labute approximate surface area is 162 Å². The van der Waals surface area contributed by atoms with E-state index in [0.29, 0.717) is 5.41 Å². The van der Waals surface area contributed by atoms with Crippen LogP contribution in [0.3, 0.4) is 0 Å². The lowest BCUT2D eigenvalue weighted by Gasteiger charge is -2.38. The summed E-state index contributed by atoms with van der Waals surface area (Å²) < 4.78 is 1.73. The first-order chi connectivity index (χ1) is 12.8. The van der Waals surface area contributed by atoms with Crippen LogP contribution < -0.4 is 0 Å². The summed E-state index contributed by atoms with van der Waals surface area (Å²) in [7, 11) is 1.94. The number of carbonyl (C=O) groups excluding carboxylic acids is 1. The zero-order chi connectivity index (χ0) is 19.6. The lowest BCUT2D eigenvalue weighted by molar-refractivity contribution is -0.137. The van der Waals surface area contributed by atoms with Gasteiger partial charge in [0.1, 0.15) is 12.7 Å². The first kappa shape index (κ1) is 19.6. The Morgan fingerprint density at radius 3 is 2.30 bits per heavy atom. The van der Waals surface area contributed by atoms with E-state index in [1.54, 1.807) is 11.0 Å². The van der Waals surface area contributed by atoms with Crippen molar-refractivity contribution in [3.05, 3.63) is 42.5 Å². The van der Waals surface area contributed by atoms with E-state index in [1.807, 2.05) is 24.1 Å². The summed E-state index contributed by atoms with van der Waals surface area (Å²) in [5, 5.41) is 4.15. The lowest BCUT2D eigenvalue weighted by atomic mass is 9.69. The summed E-state index contributed by atoms with van der Waals surface area (Å²) in [5.41, 5.74) is 2.45. The minimum Gasteiger partial charge on any atom is -0.339 e. The third-order valence-electron chi connectivity index (χ3n) is 6.29. The highest BCUT2D eigenvalue weighted by atomic mass is 16.2. The molecule has 0 unspecified atom stereocenters. The molecule has 0 bridgehead atoms. The van der Waals surface area contributed by atoms with Gasteiger partial charge in [-0.25, -0.2) is 9.67 Å². The summed E-state index contributed by atoms with van der Waals surface area (Å²) >= 11 is 0. The lowest BCUT2D eigenvalue weighted by Crippen LogP contribution is -2.38. The van der Waals surface area contributed by atoms with Crippen molar-refractivity contribution >= 4 is 5.91 Å². The molecule has 1 fully saturated rings. The Kier molecular flexibility index (Phi) is 5.68. The van der Waals surface area contributed by atoms with Crippen molar-refractivity contribution in [1.82, 2.24) is 19.7 Å². The van der Waals surface area contributed by atoms with Gasteiger partial charge in [0.2, 0.25) is 5.91 Å². The first-order valence-corrected chi connectivity index (χ1v) is 9.99. The molecule has 0 saturated heterocycles. The molecule has 5 nitrogen and oxygen atoms in total. The molecule has 1 aliphatic rings. The Balaban J connectivity index is 1.61. The smallest absolute Gasteiger partial charge is 0.225 e. The number of amides is 1. The van der Waals surface area contributed by atoms with Crippen molar-refractivity contribution < 1.29 is 4.79 Å². The van der Waals surface area contributed by atoms with Gasteiger partial charge in [0.15, 0.2) is 0 Å². The second-order valence-electron chi connectivity index (χ2n) is 8.97. The van der Waals surface area contributed by atoms with Gasteiger partial charge >= 0.3 is 0 Å². The van der Waals surface area contributed by atoms with Gasteiger partial charge in [-0.2, -0.15) is 5.10 Å². The molecular formula is C22H32N4O. The fourth-order valence-corrected chi connectivity index (χ4v) is 4.16. The van der Waals surface area contributed by atoms with E-state index < -0.39 is 0 Å². The van der Waals surface area contributed by atoms with Gasteiger partial charge in [0, 0.05) is 13.0 Å². The average Bonchev–Trinajstić information content (AvgIpc) is 3.20. The molecule has 1 saturated carbocycles. The van der Waals surface area contributed by atoms with Crippen LogP contribution in [0.5, 0.6) is 0 Å². The van der Waals surface area contributed by atoms with Crippen molar-refractivity contribution in [2.75, 3.05) is 7.05 Å². The van der Waals surface area contributed by atoms with Gasteiger partial charge in [-0.05, 0) is 61.6 Å². The van der Waals surface area contributed by atoms with Gasteiger partial charge in [0.25, 0.3) is 0 Å². The molecule has 1 aromatic carbocycles. The Bertz CT molecular complexity index is 738. The zero-order valence-electron chi connectivity index (χ0n) is 17.2. The SMILES string of the molecule is C[C@H](c1ccc(-n2cncn2)cc1)N(C)C(=O)C1CCC(C(C)(C)C)CC1. The molecule has 0 spiro atoms. The van der Waals surface area contributed by atoms with E-state index >= 15 is 0 Å². The number of carbonyl (C=O) groups is 1. The fourth-order valence-electron chi connectivity index (χ4n) is 4.16. The van der Waals surface area contributed by atoms with E-state index in [0.717, 1.165) is 42.9 Å². The fraction of sp³-hybridized carbons (Fsp3) is 0.591. The van der Waals surface area contributed by atoms with E-state index in [-0.39, 0.29) is 17.9 Å². The molecule has 1 aliphatic carbocycles. The molecular weight excluding hydrogens is 336 g/mol. The minimum absolute atomic E-state index is 0.0580. The molecule has 3 rings (SSSR count). The third kappa shape index (κ3) is 4.40. The van der Waals surface area contributed by atoms with Crippen molar-refractivity contribution in [3.8, 4) is 5.69 Å². The Hall–Kier alpha value is -2.17. The maximum Gasteiger partial charge on any atom is 0.225 e. The quantitative estimate of drug-likeness (QED) is 0.790. The van der Waals surface area contributed by atoms with Crippen LogP contribution in [-0.2, 0) is 4.79 Å². The van der Waals surface area contributed by atoms with Crippen LogP contribution in [0.1, 0.15) is 65.0 Å². The predicted molar refractivity (Wildman–Crippen MR) is 107 cm³/mol. The summed E-state index contributed by atoms with van der Waals surface area (Å²) in [6, 6.07) is 8.24. The molecule has 1 aromatic heterocycles. The number of rotatable bonds is 4. The molecule has 146 valence electrons. The standard InChI is InChI=1S/C22H32N4O/c1-16(17-8-12-20(13-9-17)26-15-23-14-24-26)25(5)21(27)18-6-10-19(11-7-18)22(2,3)4/h8-9,12-16,18-19H,6-7,10-11H2,1-5H3/t16-,18?,19?/m1/s1. The Morgan fingerprint density at radius 1 is 1.15 bits per heavy atom. The molecule has 0 radical (unpaired) electrons. The molecule has 1 amide bonds. The molecule has 27 heavy (non-hydrogen) atoms. The number of nitrogens with zero attached hydrogens (tertiary/aromatic N) is 4. The summed E-state index contributed by atoms with van der Waals surface area (Å²) in [5.74, 6) is 1.19. The molecule has 0 aliphatic heterocycles. The normalized spacial score (nSPS) is 21.7. The van der Waals surface area contributed by atoms with Gasteiger partial charge in [-0.3, -0.25) is 4.79 Å². The topological polar surface area (TPSA) is 51.0 Å². The summed E-state index contributed by atoms with van der Waals surface area (Å²) in [4.78, 5) is 18.9. The van der Waals surface area contributed by atoms with Crippen LogP contribution in [0.4, 0.5) is 0 Å². The van der Waals surface area contributed by atoms with E-state index in [1.165, 1.54) is 6.33 Å².